The van der Waals surface area contributed by atoms with Crippen LogP contribution in [0.15, 0.2) is 71.2 Å². The fourth-order valence-corrected chi connectivity index (χ4v) is 5.14. The molecule has 0 unspecified atom stereocenters. The van der Waals surface area contributed by atoms with Gasteiger partial charge in [-0.2, -0.15) is 0 Å². The van der Waals surface area contributed by atoms with Crippen molar-refractivity contribution in [2.24, 2.45) is 0 Å². The van der Waals surface area contributed by atoms with Crippen molar-refractivity contribution in [2.45, 2.75) is 5.37 Å². The minimum absolute atomic E-state index is 0.0395. The normalized spacial score (nSPS) is 15.7. The van der Waals surface area contributed by atoms with Crippen molar-refractivity contribution in [3.8, 4) is 5.75 Å². The van der Waals surface area contributed by atoms with Gasteiger partial charge in [0.2, 0.25) is 5.91 Å². The van der Waals surface area contributed by atoms with E-state index in [2.05, 4.69) is 21.2 Å². The number of hydrogen-bond acceptors (Lipinski definition) is 4. The van der Waals surface area contributed by atoms with E-state index in [4.69, 9.17) is 27.9 Å². The number of ether oxygens (including phenoxy) is 1. The predicted octanol–water partition coefficient (Wildman–Crippen LogP) is 6.55. The highest BCUT2D eigenvalue weighted by Gasteiger charge is 2.34. The van der Waals surface area contributed by atoms with Crippen molar-refractivity contribution in [1.29, 1.82) is 0 Å². The number of carbonyl (C=O) groups is 2. The number of rotatable bonds is 6. The Bertz CT molecular complexity index is 1140. The molecule has 0 aliphatic carbocycles. The lowest BCUT2D eigenvalue weighted by atomic mass is 10.1. The second-order valence-corrected chi connectivity index (χ2v) is 9.73. The largest absolute Gasteiger partial charge is 0.483 e. The van der Waals surface area contributed by atoms with Gasteiger partial charge in [-0.05, 0) is 82.2 Å². The quantitative estimate of drug-likeness (QED) is 0.377. The summed E-state index contributed by atoms with van der Waals surface area (Å²) >= 11 is 16.9. The zero-order valence-electron chi connectivity index (χ0n) is 16.6. The van der Waals surface area contributed by atoms with E-state index in [1.807, 2.05) is 24.3 Å². The minimum Gasteiger partial charge on any atom is -0.483 e. The molecule has 3 aromatic carbocycles. The fourth-order valence-electron chi connectivity index (χ4n) is 3.21. The van der Waals surface area contributed by atoms with Crippen LogP contribution in [0.4, 0.5) is 11.4 Å². The highest BCUT2D eigenvalue weighted by Crippen LogP contribution is 2.43. The molecule has 9 heteroatoms. The van der Waals surface area contributed by atoms with Crippen LogP contribution in [0.3, 0.4) is 0 Å². The number of benzene rings is 3. The van der Waals surface area contributed by atoms with E-state index in [-0.39, 0.29) is 23.8 Å². The lowest BCUT2D eigenvalue weighted by Gasteiger charge is -2.25. The van der Waals surface area contributed by atoms with E-state index in [9.17, 15) is 9.59 Å². The Morgan fingerprint density at radius 1 is 1.06 bits per heavy atom. The minimum atomic E-state index is -0.283. The molecule has 5 nitrogen and oxygen atoms in total. The van der Waals surface area contributed by atoms with E-state index in [1.54, 1.807) is 59.1 Å². The number of anilines is 2. The van der Waals surface area contributed by atoms with Crippen molar-refractivity contribution in [3.05, 3.63) is 86.8 Å². The summed E-state index contributed by atoms with van der Waals surface area (Å²) in [6, 6.07) is 19.7. The number of carbonyl (C=O) groups excluding carboxylic acids is 2. The molecule has 32 heavy (non-hydrogen) atoms. The summed E-state index contributed by atoms with van der Waals surface area (Å²) in [7, 11) is 0. The average molecular weight is 552 g/mol. The van der Waals surface area contributed by atoms with Gasteiger partial charge in [0.25, 0.3) is 5.91 Å². The average Bonchev–Trinajstić information content (AvgIpc) is 3.16. The first-order valence-corrected chi connectivity index (χ1v) is 12.2. The van der Waals surface area contributed by atoms with Gasteiger partial charge in [-0.3, -0.25) is 14.5 Å². The van der Waals surface area contributed by atoms with Gasteiger partial charge in [-0.15, -0.1) is 11.8 Å². The number of nitrogens with zero attached hydrogens (tertiary/aromatic N) is 1. The zero-order valence-corrected chi connectivity index (χ0v) is 20.5. The molecule has 1 aliphatic rings. The summed E-state index contributed by atoms with van der Waals surface area (Å²) in [5.41, 5.74) is 2.38. The third kappa shape index (κ3) is 5.41. The molecule has 0 saturated carbocycles. The van der Waals surface area contributed by atoms with Crippen molar-refractivity contribution in [2.75, 3.05) is 22.6 Å². The monoisotopic (exact) mass is 550 g/mol. The SMILES string of the molecule is O=C(COc1ccc([C@@H]2SCC(=O)N2c2ccc(Cl)cc2)cc1Br)Nc1ccc(Cl)cc1. The Labute approximate surface area is 208 Å². The molecule has 0 bridgehead atoms. The molecule has 2 amide bonds. The number of halogens is 3. The van der Waals surface area contributed by atoms with E-state index in [0.29, 0.717) is 31.7 Å². The van der Waals surface area contributed by atoms with Crippen molar-refractivity contribution < 1.29 is 14.3 Å². The smallest absolute Gasteiger partial charge is 0.262 e. The summed E-state index contributed by atoms with van der Waals surface area (Å²) < 4.78 is 6.37. The Morgan fingerprint density at radius 2 is 1.72 bits per heavy atom. The first-order chi connectivity index (χ1) is 15.4. The maximum absolute atomic E-state index is 12.5. The van der Waals surface area contributed by atoms with Crippen LogP contribution < -0.4 is 15.0 Å². The standard InChI is InChI=1S/C23H17BrCl2N2O3S/c24-19-11-14(23-28(22(30)13-32-23)18-8-4-16(26)5-9-18)1-10-20(19)31-12-21(29)27-17-6-2-15(25)3-7-17/h1-11,23H,12-13H2,(H,27,29)/t23-/m0/s1. The van der Waals surface area contributed by atoms with Gasteiger partial charge >= 0.3 is 0 Å². The van der Waals surface area contributed by atoms with Gasteiger partial charge in [-0.25, -0.2) is 0 Å². The maximum Gasteiger partial charge on any atom is 0.262 e. The van der Waals surface area contributed by atoms with Crippen LogP contribution in [-0.2, 0) is 9.59 Å². The molecule has 0 radical (unpaired) electrons. The van der Waals surface area contributed by atoms with E-state index < -0.39 is 0 Å². The van der Waals surface area contributed by atoms with Crippen LogP contribution >= 0.6 is 50.9 Å². The van der Waals surface area contributed by atoms with Crippen LogP contribution in [-0.4, -0.2) is 24.2 Å². The van der Waals surface area contributed by atoms with Crippen molar-refractivity contribution in [1.82, 2.24) is 0 Å². The molecular formula is C23H17BrCl2N2O3S. The zero-order chi connectivity index (χ0) is 22.7. The molecule has 4 rings (SSSR count). The number of amides is 2. The fraction of sp³-hybridized carbons (Fsp3) is 0.130. The van der Waals surface area contributed by atoms with Gasteiger partial charge in [0, 0.05) is 21.4 Å². The first kappa shape index (κ1) is 23.0. The van der Waals surface area contributed by atoms with Crippen LogP contribution in [0.5, 0.6) is 5.75 Å². The van der Waals surface area contributed by atoms with Gasteiger partial charge in [-0.1, -0.05) is 29.3 Å². The molecule has 1 fully saturated rings. The molecule has 0 spiro atoms. The molecule has 1 atom stereocenters. The second-order valence-electron chi connectivity index (χ2n) is 6.94. The predicted molar refractivity (Wildman–Crippen MR) is 134 cm³/mol. The third-order valence-corrected chi connectivity index (χ3v) is 7.04. The Hall–Kier alpha value is -2.19. The lowest BCUT2D eigenvalue weighted by Crippen LogP contribution is -2.27. The number of hydrogen-bond donors (Lipinski definition) is 1. The van der Waals surface area contributed by atoms with Crippen LogP contribution in [0, 0.1) is 0 Å². The van der Waals surface area contributed by atoms with Crippen LogP contribution in [0.1, 0.15) is 10.9 Å². The number of thioether (sulfide) groups is 1. The summed E-state index contributed by atoms with van der Waals surface area (Å²) in [5, 5.41) is 3.81. The molecule has 164 valence electrons. The molecule has 0 aromatic heterocycles. The molecule has 1 N–H and O–H groups in total. The second kappa shape index (κ2) is 10.2. The summed E-state index contributed by atoms with van der Waals surface area (Å²) in [5.74, 6) is 0.688. The van der Waals surface area contributed by atoms with Crippen molar-refractivity contribution in [3.63, 3.8) is 0 Å². The van der Waals surface area contributed by atoms with Gasteiger partial charge in [0.05, 0.1) is 10.2 Å². The Balaban J connectivity index is 1.43. The summed E-state index contributed by atoms with van der Waals surface area (Å²) in [4.78, 5) is 26.5. The number of nitrogens with one attached hydrogen (secondary N) is 1. The van der Waals surface area contributed by atoms with E-state index in [0.717, 1.165) is 11.3 Å². The van der Waals surface area contributed by atoms with Gasteiger partial charge < -0.3 is 10.1 Å². The highest BCUT2D eigenvalue weighted by atomic mass is 79.9. The van der Waals surface area contributed by atoms with E-state index in [1.165, 1.54) is 0 Å². The maximum atomic E-state index is 12.5. The molecule has 1 saturated heterocycles. The van der Waals surface area contributed by atoms with Crippen LogP contribution in [0.25, 0.3) is 0 Å². The first-order valence-electron chi connectivity index (χ1n) is 9.57. The third-order valence-electron chi connectivity index (χ3n) is 4.70. The topological polar surface area (TPSA) is 58.6 Å². The lowest BCUT2D eigenvalue weighted by molar-refractivity contribution is -0.118. The molecule has 3 aromatic rings. The highest BCUT2D eigenvalue weighted by molar-refractivity contribution is 9.10. The van der Waals surface area contributed by atoms with Crippen molar-refractivity contribution >= 4 is 74.1 Å². The van der Waals surface area contributed by atoms with Crippen LogP contribution in [0.2, 0.25) is 10.0 Å². The summed E-state index contributed by atoms with van der Waals surface area (Å²) in [6.45, 7) is -0.145. The molecule has 1 aliphatic heterocycles. The Morgan fingerprint density at radius 3 is 2.38 bits per heavy atom. The Kier molecular flexibility index (Phi) is 7.30. The van der Waals surface area contributed by atoms with Gasteiger partial charge in [0.1, 0.15) is 11.1 Å². The van der Waals surface area contributed by atoms with E-state index >= 15 is 0 Å². The summed E-state index contributed by atoms with van der Waals surface area (Å²) in [6.07, 6.45) is 0. The molecule has 1 heterocycles. The molecular weight excluding hydrogens is 535 g/mol. The van der Waals surface area contributed by atoms with Gasteiger partial charge in [0.15, 0.2) is 6.61 Å².